The minimum atomic E-state index is -3.59. The fourth-order valence-corrected chi connectivity index (χ4v) is 3.58. The predicted octanol–water partition coefficient (Wildman–Crippen LogP) is 2.52. The quantitative estimate of drug-likeness (QED) is 0.720. The highest BCUT2D eigenvalue weighted by molar-refractivity contribution is 7.88. The van der Waals surface area contributed by atoms with Crippen molar-refractivity contribution in [3.05, 3.63) is 70.3 Å². The molecule has 136 valence electrons. The highest BCUT2D eigenvalue weighted by Gasteiger charge is 2.13. The van der Waals surface area contributed by atoms with Gasteiger partial charge in [-0.25, -0.2) is 18.5 Å². The molecule has 0 saturated heterocycles. The third kappa shape index (κ3) is 4.00. The van der Waals surface area contributed by atoms with Gasteiger partial charge >= 0.3 is 0 Å². The first-order valence-electron chi connectivity index (χ1n) is 8.49. The summed E-state index contributed by atoms with van der Waals surface area (Å²) < 4.78 is 24.1. The van der Waals surface area contributed by atoms with Crippen LogP contribution in [-0.4, -0.2) is 18.0 Å². The van der Waals surface area contributed by atoms with Crippen molar-refractivity contribution in [1.82, 2.24) is 9.55 Å². The van der Waals surface area contributed by atoms with Gasteiger partial charge in [-0.3, -0.25) is 9.36 Å². The Balaban J connectivity index is 2.13. The van der Waals surface area contributed by atoms with Crippen LogP contribution in [0.5, 0.6) is 0 Å². The summed E-state index contributed by atoms with van der Waals surface area (Å²) in [4.78, 5) is 17.7. The molecule has 0 radical (unpaired) electrons. The van der Waals surface area contributed by atoms with Gasteiger partial charge in [0.05, 0.1) is 22.3 Å². The molecular weight excluding hydrogens is 350 g/mol. The second kappa shape index (κ2) is 7.39. The molecule has 2 N–H and O–H groups in total. The molecule has 0 aliphatic rings. The summed E-state index contributed by atoms with van der Waals surface area (Å²) >= 11 is 0. The number of rotatable bonds is 6. The zero-order valence-electron chi connectivity index (χ0n) is 14.6. The average Bonchev–Trinajstić information content (AvgIpc) is 2.60. The molecule has 1 aromatic heterocycles. The molecule has 0 aliphatic carbocycles. The Bertz CT molecular complexity index is 1090. The van der Waals surface area contributed by atoms with Crippen LogP contribution in [0.3, 0.4) is 0 Å². The molecule has 26 heavy (non-hydrogen) atoms. The summed E-state index contributed by atoms with van der Waals surface area (Å²) in [6, 6.07) is 14.1. The molecule has 1 heterocycles. The number of benzene rings is 2. The largest absolute Gasteiger partial charge is 0.268 e. The first-order chi connectivity index (χ1) is 12.4. The smallest absolute Gasteiger partial charge is 0.265 e. The SMILES string of the molecule is CCCCc1nc2ccccc2c(=O)n1-c1ccc(CS(N)(=O)=O)cc1. The molecule has 0 unspecified atom stereocenters. The highest BCUT2D eigenvalue weighted by atomic mass is 32.2. The second-order valence-corrected chi connectivity index (χ2v) is 7.88. The van der Waals surface area contributed by atoms with Crippen LogP contribution in [0, 0.1) is 0 Å². The number of nitrogens with two attached hydrogens (primary N) is 1. The number of primary sulfonamides is 1. The zero-order valence-corrected chi connectivity index (χ0v) is 15.4. The van der Waals surface area contributed by atoms with Gasteiger partial charge in [-0.15, -0.1) is 0 Å². The lowest BCUT2D eigenvalue weighted by molar-refractivity contribution is 0.597. The van der Waals surface area contributed by atoms with Gasteiger partial charge in [-0.2, -0.15) is 0 Å². The normalized spacial score (nSPS) is 11.8. The number of aryl methyl sites for hydroxylation is 1. The molecule has 0 fully saturated rings. The van der Waals surface area contributed by atoms with Crippen LogP contribution in [-0.2, 0) is 22.2 Å². The van der Waals surface area contributed by atoms with Crippen molar-refractivity contribution >= 4 is 20.9 Å². The van der Waals surface area contributed by atoms with Gasteiger partial charge in [0.25, 0.3) is 5.56 Å². The minimum Gasteiger partial charge on any atom is -0.268 e. The van der Waals surface area contributed by atoms with Crippen molar-refractivity contribution in [3.63, 3.8) is 0 Å². The molecule has 0 spiro atoms. The topological polar surface area (TPSA) is 95.0 Å². The first-order valence-corrected chi connectivity index (χ1v) is 10.2. The average molecular weight is 371 g/mol. The van der Waals surface area contributed by atoms with E-state index in [1.54, 1.807) is 34.9 Å². The molecule has 0 atom stereocenters. The number of aromatic nitrogens is 2. The number of nitrogens with zero attached hydrogens (tertiary/aromatic N) is 2. The molecule has 0 bridgehead atoms. The maximum Gasteiger partial charge on any atom is 0.265 e. The Hall–Kier alpha value is -2.51. The van der Waals surface area contributed by atoms with Gasteiger partial charge in [-0.1, -0.05) is 37.6 Å². The monoisotopic (exact) mass is 371 g/mol. The first kappa shape index (κ1) is 18.3. The molecule has 3 aromatic rings. The van der Waals surface area contributed by atoms with E-state index in [0.29, 0.717) is 34.4 Å². The van der Waals surface area contributed by atoms with E-state index in [0.717, 1.165) is 12.8 Å². The molecule has 3 rings (SSSR count). The highest BCUT2D eigenvalue weighted by Crippen LogP contribution is 2.16. The van der Waals surface area contributed by atoms with Gasteiger partial charge in [0.15, 0.2) is 0 Å². The maximum atomic E-state index is 13.0. The van der Waals surface area contributed by atoms with Crippen LogP contribution >= 0.6 is 0 Å². The third-order valence-electron chi connectivity index (χ3n) is 4.16. The molecule has 0 amide bonds. The van der Waals surface area contributed by atoms with Crippen LogP contribution in [0.2, 0.25) is 0 Å². The number of unbranched alkanes of at least 4 members (excludes halogenated alkanes) is 1. The number of hydrogen-bond acceptors (Lipinski definition) is 4. The van der Waals surface area contributed by atoms with Crippen LogP contribution < -0.4 is 10.7 Å². The van der Waals surface area contributed by atoms with Gasteiger partial charge < -0.3 is 0 Å². The van der Waals surface area contributed by atoms with E-state index in [-0.39, 0.29) is 11.3 Å². The summed E-state index contributed by atoms with van der Waals surface area (Å²) in [7, 11) is -3.59. The molecule has 2 aromatic carbocycles. The van der Waals surface area contributed by atoms with Crippen molar-refractivity contribution in [2.45, 2.75) is 31.9 Å². The van der Waals surface area contributed by atoms with E-state index in [4.69, 9.17) is 5.14 Å². The number of hydrogen-bond donors (Lipinski definition) is 1. The van der Waals surface area contributed by atoms with Crippen molar-refractivity contribution in [3.8, 4) is 5.69 Å². The predicted molar refractivity (Wildman–Crippen MR) is 103 cm³/mol. The standard InChI is InChI=1S/C19H21N3O3S/c1-2-3-8-18-21-17-7-5-4-6-16(17)19(23)22(18)15-11-9-14(10-12-15)13-26(20,24)25/h4-7,9-12H,2-3,8,13H2,1H3,(H2,20,24,25). The minimum absolute atomic E-state index is 0.124. The van der Waals surface area contributed by atoms with Gasteiger partial charge in [0.2, 0.25) is 10.0 Å². The molecular formula is C19H21N3O3S. The Morgan fingerprint density at radius 3 is 2.42 bits per heavy atom. The molecule has 0 aliphatic heterocycles. The van der Waals surface area contributed by atoms with E-state index in [1.807, 2.05) is 18.2 Å². The summed E-state index contributed by atoms with van der Waals surface area (Å²) in [5, 5.41) is 5.65. The third-order valence-corrected chi connectivity index (χ3v) is 4.90. The van der Waals surface area contributed by atoms with Gasteiger partial charge in [0, 0.05) is 6.42 Å². The van der Waals surface area contributed by atoms with E-state index in [1.165, 1.54) is 0 Å². The summed E-state index contributed by atoms with van der Waals surface area (Å²) in [5.74, 6) is 0.468. The second-order valence-electron chi connectivity index (χ2n) is 6.26. The lowest BCUT2D eigenvalue weighted by atomic mass is 10.1. The Morgan fingerprint density at radius 1 is 1.08 bits per heavy atom. The summed E-state index contributed by atoms with van der Waals surface area (Å²) in [6.07, 6.45) is 2.61. The van der Waals surface area contributed by atoms with Gasteiger partial charge in [0.1, 0.15) is 5.82 Å². The number of para-hydroxylation sites is 1. The van der Waals surface area contributed by atoms with Crippen molar-refractivity contribution in [2.24, 2.45) is 5.14 Å². The van der Waals surface area contributed by atoms with Crippen LogP contribution in [0.25, 0.3) is 16.6 Å². The summed E-state index contributed by atoms with van der Waals surface area (Å²) in [5.41, 5.74) is 1.80. The number of fused-ring (bicyclic) bond motifs is 1. The van der Waals surface area contributed by atoms with Crippen LogP contribution in [0.15, 0.2) is 53.3 Å². The van der Waals surface area contributed by atoms with E-state index in [2.05, 4.69) is 11.9 Å². The Labute approximate surface area is 152 Å². The zero-order chi connectivity index (χ0) is 18.7. The fraction of sp³-hybridized carbons (Fsp3) is 0.263. The van der Waals surface area contributed by atoms with E-state index < -0.39 is 10.0 Å². The van der Waals surface area contributed by atoms with Crippen molar-refractivity contribution in [2.75, 3.05) is 0 Å². The van der Waals surface area contributed by atoms with E-state index >= 15 is 0 Å². The molecule has 7 heteroatoms. The Kier molecular flexibility index (Phi) is 5.20. The molecule has 0 saturated carbocycles. The van der Waals surface area contributed by atoms with Crippen LogP contribution in [0.1, 0.15) is 31.2 Å². The Morgan fingerprint density at radius 2 is 1.77 bits per heavy atom. The van der Waals surface area contributed by atoms with E-state index in [9.17, 15) is 13.2 Å². The lowest BCUT2D eigenvalue weighted by Crippen LogP contribution is -2.24. The van der Waals surface area contributed by atoms with Crippen molar-refractivity contribution < 1.29 is 8.42 Å². The lowest BCUT2D eigenvalue weighted by Gasteiger charge is -2.14. The van der Waals surface area contributed by atoms with Gasteiger partial charge in [-0.05, 0) is 36.2 Å². The number of sulfonamides is 1. The van der Waals surface area contributed by atoms with Crippen molar-refractivity contribution in [1.29, 1.82) is 0 Å². The molecule has 6 nitrogen and oxygen atoms in total. The fourth-order valence-electron chi connectivity index (χ4n) is 2.92. The van der Waals surface area contributed by atoms with Crippen LogP contribution in [0.4, 0.5) is 0 Å². The summed E-state index contributed by atoms with van der Waals surface area (Å²) in [6.45, 7) is 2.09. The maximum absolute atomic E-state index is 13.0.